The van der Waals surface area contributed by atoms with Crippen LogP contribution < -0.4 is 10.6 Å². The Bertz CT molecular complexity index is 621. The molecule has 2 unspecified atom stereocenters. The molecule has 0 aliphatic heterocycles. The summed E-state index contributed by atoms with van der Waals surface area (Å²) < 4.78 is 11.7. The minimum Gasteiger partial charge on any atom is -0.448 e. The highest BCUT2D eigenvalue weighted by atomic mass is 16.6. The zero-order chi connectivity index (χ0) is 18.6. The summed E-state index contributed by atoms with van der Waals surface area (Å²) in [6.07, 6.45) is 1.29. The van der Waals surface area contributed by atoms with Crippen molar-refractivity contribution in [2.45, 2.75) is 64.5 Å². The van der Waals surface area contributed by atoms with E-state index < -0.39 is 12.2 Å². The molecule has 2 atom stereocenters. The van der Waals surface area contributed by atoms with Crippen LogP contribution in [0.4, 0.5) is 15.4 Å². The van der Waals surface area contributed by atoms with E-state index >= 15 is 0 Å². The van der Waals surface area contributed by atoms with Crippen LogP contribution in [0.1, 0.15) is 58.6 Å². The summed E-state index contributed by atoms with van der Waals surface area (Å²) in [4.78, 5) is 23.9. The molecule has 8 nitrogen and oxygen atoms in total. The third kappa shape index (κ3) is 5.11. The molecule has 8 heteroatoms. The van der Waals surface area contributed by atoms with E-state index in [9.17, 15) is 9.59 Å². The Balaban J connectivity index is 1.99. The summed E-state index contributed by atoms with van der Waals surface area (Å²) in [5, 5.41) is 10.1. The monoisotopic (exact) mass is 352 g/mol. The van der Waals surface area contributed by atoms with Crippen LogP contribution >= 0.6 is 0 Å². The van der Waals surface area contributed by atoms with Crippen molar-refractivity contribution in [3.05, 3.63) is 11.8 Å². The van der Waals surface area contributed by atoms with E-state index in [4.69, 9.17) is 9.47 Å². The van der Waals surface area contributed by atoms with Gasteiger partial charge in [-0.1, -0.05) is 0 Å². The van der Waals surface area contributed by atoms with Gasteiger partial charge in [0.15, 0.2) is 0 Å². The van der Waals surface area contributed by atoms with Crippen molar-refractivity contribution in [2.75, 3.05) is 19.0 Å². The minimum absolute atomic E-state index is 0.141. The van der Waals surface area contributed by atoms with E-state index in [1.54, 1.807) is 14.0 Å². The zero-order valence-corrected chi connectivity index (χ0v) is 15.6. The fourth-order valence-corrected chi connectivity index (χ4v) is 2.90. The molecule has 1 aliphatic rings. The topological polar surface area (TPSA) is 94.5 Å². The van der Waals surface area contributed by atoms with Gasteiger partial charge in [-0.05, 0) is 47.0 Å². The molecule has 0 radical (unpaired) electrons. The maximum Gasteiger partial charge on any atom is 0.436 e. The molecule has 1 fully saturated rings. The van der Waals surface area contributed by atoms with E-state index in [0.29, 0.717) is 18.8 Å². The predicted octanol–water partition coefficient (Wildman–Crippen LogP) is 3.09. The minimum atomic E-state index is -0.506. The third-order valence-corrected chi connectivity index (χ3v) is 3.98. The normalized spacial score (nSPS) is 20.2. The smallest absolute Gasteiger partial charge is 0.436 e. The van der Waals surface area contributed by atoms with Gasteiger partial charge in [0.2, 0.25) is 0 Å². The lowest BCUT2D eigenvalue weighted by Gasteiger charge is -2.22. The third-order valence-electron chi connectivity index (χ3n) is 3.98. The zero-order valence-electron chi connectivity index (χ0n) is 15.6. The summed E-state index contributed by atoms with van der Waals surface area (Å²) in [7, 11) is 1.73. The van der Waals surface area contributed by atoms with Crippen molar-refractivity contribution in [1.29, 1.82) is 0 Å². The standard InChI is InChI=1S/C17H28N4O4/c1-6-24-16(23)21-14(18-5)10-13(20-21)11-7-8-12(9-11)25-15(22)19-17(2,3)4/h10-12,18H,6-9H2,1-5H3,(H,19,22). The van der Waals surface area contributed by atoms with Gasteiger partial charge < -0.3 is 20.1 Å². The second-order valence-corrected chi connectivity index (χ2v) is 7.23. The Kier molecular flexibility index (Phi) is 5.92. The van der Waals surface area contributed by atoms with Crippen LogP contribution in [0.2, 0.25) is 0 Å². The van der Waals surface area contributed by atoms with Gasteiger partial charge in [-0.15, -0.1) is 4.68 Å². The molecule has 0 bridgehead atoms. The molecule has 1 amide bonds. The Hall–Kier alpha value is -2.25. The second-order valence-electron chi connectivity index (χ2n) is 7.23. The SMILES string of the molecule is CCOC(=O)n1nc(C2CCC(OC(=O)NC(C)(C)C)C2)cc1NC. The van der Waals surface area contributed by atoms with Crippen molar-refractivity contribution < 1.29 is 19.1 Å². The number of carbonyl (C=O) groups excluding carboxylic acids is 2. The fourth-order valence-electron chi connectivity index (χ4n) is 2.90. The summed E-state index contributed by atoms with van der Waals surface area (Å²) in [6, 6.07) is 1.85. The molecule has 0 aromatic carbocycles. The van der Waals surface area contributed by atoms with Crippen molar-refractivity contribution in [2.24, 2.45) is 0 Å². The summed E-state index contributed by atoms with van der Waals surface area (Å²) in [6.45, 7) is 7.77. The van der Waals surface area contributed by atoms with E-state index in [-0.39, 0.29) is 17.6 Å². The van der Waals surface area contributed by atoms with Crippen LogP contribution in [0.15, 0.2) is 6.07 Å². The van der Waals surface area contributed by atoms with Gasteiger partial charge in [0.25, 0.3) is 0 Å². The molecule has 1 heterocycles. The van der Waals surface area contributed by atoms with Crippen molar-refractivity contribution in [3.8, 4) is 0 Å². The quantitative estimate of drug-likeness (QED) is 0.865. The Labute approximate surface area is 148 Å². The molecule has 0 spiro atoms. The van der Waals surface area contributed by atoms with Gasteiger partial charge in [0, 0.05) is 24.6 Å². The first-order valence-electron chi connectivity index (χ1n) is 8.67. The predicted molar refractivity (Wildman–Crippen MR) is 93.9 cm³/mol. The average Bonchev–Trinajstić information content (AvgIpc) is 3.11. The molecule has 1 saturated carbocycles. The van der Waals surface area contributed by atoms with E-state index in [1.165, 1.54) is 4.68 Å². The number of hydrogen-bond acceptors (Lipinski definition) is 6. The summed E-state index contributed by atoms with van der Waals surface area (Å²) >= 11 is 0. The molecule has 25 heavy (non-hydrogen) atoms. The maximum absolute atomic E-state index is 12.0. The van der Waals surface area contributed by atoms with Crippen LogP contribution in [0.25, 0.3) is 0 Å². The Morgan fingerprint density at radius 2 is 2.08 bits per heavy atom. The summed E-state index contributed by atoms with van der Waals surface area (Å²) in [5.74, 6) is 0.735. The highest BCUT2D eigenvalue weighted by Gasteiger charge is 2.32. The number of alkyl carbamates (subject to hydrolysis) is 1. The Morgan fingerprint density at radius 3 is 2.68 bits per heavy atom. The first-order chi connectivity index (χ1) is 11.7. The van der Waals surface area contributed by atoms with E-state index in [1.807, 2.05) is 26.8 Å². The van der Waals surface area contributed by atoms with Crippen LogP contribution in [0.3, 0.4) is 0 Å². The van der Waals surface area contributed by atoms with Gasteiger partial charge in [0.05, 0.1) is 12.3 Å². The van der Waals surface area contributed by atoms with Crippen molar-refractivity contribution in [1.82, 2.24) is 15.1 Å². The number of aromatic nitrogens is 2. The number of ether oxygens (including phenoxy) is 2. The average molecular weight is 352 g/mol. The molecular formula is C17H28N4O4. The molecule has 1 aromatic rings. The first kappa shape index (κ1) is 19.1. The Morgan fingerprint density at radius 1 is 1.36 bits per heavy atom. The molecule has 1 aromatic heterocycles. The summed E-state index contributed by atoms with van der Waals surface area (Å²) in [5.41, 5.74) is 0.481. The van der Waals surface area contributed by atoms with Crippen LogP contribution in [-0.2, 0) is 9.47 Å². The van der Waals surface area contributed by atoms with Gasteiger partial charge >= 0.3 is 12.2 Å². The maximum atomic E-state index is 12.0. The number of hydrogen-bond donors (Lipinski definition) is 2. The highest BCUT2D eigenvalue weighted by molar-refractivity contribution is 5.74. The molecule has 140 valence electrons. The number of carbonyl (C=O) groups is 2. The van der Waals surface area contributed by atoms with Crippen molar-refractivity contribution in [3.63, 3.8) is 0 Å². The van der Waals surface area contributed by atoms with Gasteiger partial charge in [-0.25, -0.2) is 9.59 Å². The first-order valence-corrected chi connectivity index (χ1v) is 8.67. The van der Waals surface area contributed by atoms with Gasteiger partial charge in [0.1, 0.15) is 11.9 Å². The van der Waals surface area contributed by atoms with Gasteiger partial charge in [-0.3, -0.25) is 0 Å². The highest BCUT2D eigenvalue weighted by Crippen LogP contribution is 2.36. The second kappa shape index (κ2) is 7.76. The van der Waals surface area contributed by atoms with Crippen LogP contribution in [-0.4, -0.2) is 47.3 Å². The molecule has 1 aliphatic carbocycles. The lowest BCUT2D eigenvalue weighted by molar-refractivity contribution is 0.0936. The van der Waals surface area contributed by atoms with Crippen LogP contribution in [0.5, 0.6) is 0 Å². The van der Waals surface area contributed by atoms with Crippen molar-refractivity contribution >= 4 is 18.0 Å². The molecule has 2 N–H and O–H groups in total. The van der Waals surface area contributed by atoms with Gasteiger partial charge in [-0.2, -0.15) is 5.10 Å². The number of nitrogens with one attached hydrogen (secondary N) is 2. The lowest BCUT2D eigenvalue weighted by atomic mass is 10.0. The molecule has 2 rings (SSSR count). The largest absolute Gasteiger partial charge is 0.448 e. The van der Waals surface area contributed by atoms with E-state index in [0.717, 1.165) is 18.5 Å². The molecule has 0 saturated heterocycles. The number of amides is 1. The molecular weight excluding hydrogens is 324 g/mol. The number of nitrogens with zero attached hydrogens (tertiary/aromatic N) is 2. The fraction of sp³-hybridized carbons (Fsp3) is 0.706. The number of rotatable bonds is 4. The van der Waals surface area contributed by atoms with E-state index in [2.05, 4.69) is 15.7 Å². The lowest BCUT2D eigenvalue weighted by Crippen LogP contribution is -2.42. The van der Waals surface area contributed by atoms with Crippen LogP contribution in [0, 0.1) is 0 Å². The number of anilines is 1.